The van der Waals surface area contributed by atoms with E-state index in [4.69, 9.17) is 17.3 Å². The largest absolute Gasteiger partial charge is 0.322 e. The maximum Gasteiger partial charge on any atom is 0.0834 e. The summed E-state index contributed by atoms with van der Waals surface area (Å²) in [5.74, 6) is 0.559. The van der Waals surface area contributed by atoms with E-state index in [1.165, 1.54) is 44.9 Å². The molecule has 1 saturated carbocycles. The Morgan fingerprint density at radius 2 is 1.88 bits per heavy atom. The predicted molar refractivity (Wildman–Crippen MR) is 71.0 cm³/mol. The maximum atomic E-state index is 6.39. The van der Waals surface area contributed by atoms with Crippen LogP contribution in [0.5, 0.6) is 0 Å². The van der Waals surface area contributed by atoms with Gasteiger partial charge in [0.2, 0.25) is 0 Å². The molecule has 0 amide bonds. The van der Waals surface area contributed by atoms with Crippen LogP contribution in [0.25, 0.3) is 0 Å². The molecule has 1 aromatic rings. The quantitative estimate of drug-likeness (QED) is 0.880. The van der Waals surface area contributed by atoms with Crippen LogP contribution in [-0.4, -0.2) is 9.78 Å². The predicted octanol–water partition coefficient (Wildman–Crippen LogP) is 3.43. The average Bonchev–Trinajstić information content (AvgIpc) is 2.57. The van der Waals surface area contributed by atoms with Gasteiger partial charge in [0.15, 0.2) is 0 Å². The third-order valence-corrected chi connectivity index (χ3v) is 4.20. The van der Waals surface area contributed by atoms with Crippen LogP contribution in [0.4, 0.5) is 0 Å². The molecule has 1 heterocycles. The van der Waals surface area contributed by atoms with Gasteiger partial charge in [-0.15, -0.1) is 0 Å². The minimum absolute atomic E-state index is 0.0353. The monoisotopic (exact) mass is 255 g/mol. The molecule has 3 nitrogen and oxygen atoms in total. The summed E-state index contributed by atoms with van der Waals surface area (Å²) in [6.45, 7) is 0. The lowest BCUT2D eigenvalue weighted by Gasteiger charge is -2.26. The van der Waals surface area contributed by atoms with Crippen LogP contribution in [0.3, 0.4) is 0 Å². The Morgan fingerprint density at radius 1 is 1.29 bits per heavy atom. The van der Waals surface area contributed by atoms with E-state index in [2.05, 4.69) is 5.10 Å². The number of rotatable bonds is 2. The van der Waals surface area contributed by atoms with E-state index >= 15 is 0 Å². The van der Waals surface area contributed by atoms with Crippen molar-refractivity contribution in [3.05, 3.63) is 16.9 Å². The Kier molecular flexibility index (Phi) is 4.46. The molecule has 96 valence electrons. The summed E-state index contributed by atoms with van der Waals surface area (Å²) in [6, 6.07) is 0.0353. The smallest absolute Gasteiger partial charge is 0.0834 e. The minimum atomic E-state index is 0.0353. The van der Waals surface area contributed by atoms with Gasteiger partial charge in [-0.2, -0.15) is 5.10 Å². The number of halogens is 1. The number of nitrogens with two attached hydrogens (primary N) is 1. The molecular weight excluding hydrogens is 234 g/mol. The standard InChI is InChI=1S/C13H22ClN3/c1-17-13(11(14)9-16-17)12(15)10-7-5-3-2-4-6-8-10/h9-10,12H,2-8,15H2,1H3. The molecule has 1 aliphatic carbocycles. The maximum absolute atomic E-state index is 6.39. The second kappa shape index (κ2) is 5.87. The highest BCUT2D eigenvalue weighted by Gasteiger charge is 2.24. The van der Waals surface area contributed by atoms with Crippen LogP contribution in [0.1, 0.15) is 56.7 Å². The average molecular weight is 256 g/mol. The summed E-state index contributed by atoms with van der Waals surface area (Å²) < 4.78 is 1.83. The summed E-state index contributed by atoms with van der Waals surface area (Å²) in [5.41, 5.74) is 7.39. The lowest BCUT2D eigenvalue weighted by Crippen LogP contribution is -2.25. The van der Waals surface area contributed by atoms with Crippen molar-refractivity contribution in [2.24, 2.45) is 18.7 Å². The van der Waals surface area contributed by atoms with E-state index in [0.717, 1.165) is 5.69 Å². The molecule has 1 atom stereocenters. The number of nitrogens with zero attached hydrogens (tertiary/aromatic N) is 2. The third kappa shape index (κ3) is 3.02. The van der Waals surface area contributed by atoms with E-state index in [1.54, 1.807) is 6.20 Å². The molecule has 1 aliphatic rings. The fraction of sp³-hybridized carbons (Fsp3) is 0.769. The lowest BCUT2D eigenvalue weighted by atomic mass is 9.85. The number of hydrogen-bond donors (Lipinski definition) is 1. The van der Waals surface area contributed by atoms with Crippen LogP contribution in [0.2, 0.25) is 5.02 Å². The molecule has 1 unspecified atom stereocenters. The second-order valence-electron chi connectivity index (χ2n) is 5.13. The number of aryl methyl sites for hydroxylation is 1. The summed E-state index contributed by atoms with van der Waals surface area (Å²) >= 11 is 6.17. The molecule has 2 rings (SSSR count). The van der Waals surface area contributed by atoms with Gasteiger partial charge < -0.3 is 5.73 Å². The van der Waals surface area contributed by atoms with Crippen molar-refractivity contribution in [1.82, 2.24) is 9.78 Å². The van der Waals surface area contributed by atoms with Crippen molar-refractivity contribution in [2.45, 2.75) is 51.0 Å². The molecule has 0 spiro atoms. The first-order valence-corrected chi connectivity index (χ1v) is 7.01. The highest BCUT2D eigenvalue weighted by atomic mass is 35.5. The molecule has 0 radical (unpaired) electrons. The SMILES string of the molecule is Cn1ncc(Cl)c1C(N)C1CCCCCCC1. The van der Waals surface area contributed by atoms with Crippen molar-refractivity contribution >= 4 is 11.6 Å². The van der Waals surface area contributed by atoms with E-state index in [-0.39, 0.29) is 6.04 Å². The Morgan fingerprint density at radius 3 is 2.41 bits per heavy atom. The van der Waals surface area contributed by atoms with Crippen LogP contribution in [0.15, 0.2) is 6.20 Å². The molecule has 0 aliphatic heterocycles. The Hall–Kier alpha value is -0.540. The van der Waals surface area contributed by atoms with Gasteiger partial charge in [0, 0.05) is 7.05 Å². The zero-order valence-electron chi connectivity index (χ0n) is 10.5. The summed E-state index contributed by atoms with van der Waals surface area (Å²) in [4.78, 5) is 0. The topological polar surface area (TPSA) is 43.8 Å². The molecule has 17 heavy (non-hydrogen) atoms. The number of aromatic nitrogens is 2. The normalized spacial score (nSPS) is 20.9. The van der Waals surface area contributed by atoms with E-state index in [0.29, 0.717) is 10.9 Å². The highest BCUT2D eigenvalue weighted by molar-refractivity contribution is 6.31. The fourth-order valence-corrected chi connectivity index (χ4v) is 3.16. The summed E-state index contributed by atoms with van der Waals surface area (Å²) in [7, 11) is 1.92. The summed E-state index contributed by atoms with van der Waals surface area (Å²) in [5, 5.41) is 4.89. The van der Waals surface area contributed by atoms with Crippen molar-refractivity contribution in [3.63, 3.8) is 0 Å². The van der Waals surface area contributed by atoms with Crippen molar-refractivity contribution < 1.29 is 0 Å². The highest BCUT2D eigenvalue weighted by Crippen LogP contribution is 2.33. The molecule has 2 N–H and O–H groups in total. The van der Waals surface area contributed by atoms with Gasteiger partial charge >= 0.3 is 0 Å². The molecule has 0 bridgehead atoms. The van der Waals surface area contributed by atoms with Gasteiger partial charge in [-0.3, -0.25) is 4.68 Å². The zero-order chi connectivity index (χ0) is 12.3. The minimum Gasteiger partial charge on any atom is -0.322 e. The molecule has 0 aromatic carbocycles. The third-order valence-electron chi connectivity index (χ3n) is 3.91. The van der Waals surface area contributed by atoms with Gasteiger partial charge in [-0.05, 0) is 18.8 Å². The van der Waals surface area contributed by atoms with E-state index in [9.17, 15) is 0 Å². The van der Waals surface area contributed by atoms with Crippen LogP contribution >= 0.6 is 11.6 Å². The first kappa shape index (κ1) is 12.9. The molecule has 1 fully saturated rings. The van der Waals surface area contributed by atoms with Gasteiger partial charge in [-0.1, -0.05) is 43.7 Å². The Labute approximate surface area is 108 Å². The van der Waals surface area contributed by atoms with Gasteiger partial charge in [-0.25, -0.2) is 0 Å². The molecule has 4 heteroatoms. The number of hydrogen-bond acceptors (Lipinski definition) is 2. The molecule has 1 aromatic heterocycles. The second-order valence-corrected chi connectivity index (χ2v) is 5.54. The zero-order valence-corrected chi connectivity index (χ0v) is 11.3. The first-order chi connectivity index (χ1) is 8.20. The van der Waals surface area contributed by atoms with Crippen molar-refractivity contribution in [3.8, 4) is 0 Å². The lowest BCUT2D eigenvalue weighted by molar-refractivity contribution is 0.319. The van der Waals surface area contributed by atoms with Gasteiger partial charge in [0.25, 0.3) is 0 Å². The Balaban J connectivity index is 2.09. The van der Waals surface area contributed by atoms with E-state index in [1.807, 2.05) is 11.7 Å². The molecular formula is C13H22ClN3. The first-order valence-electron chi connectivity index (χ1n) is 6.63. The van der Waals surface area contributed by atoms with Gasteiger partial charge in [0.1, 0.15) is 0 Å². The van der Waals surface area contributed by atoms with Crippen molar-refractivity contribution in [1.29, 1.82) is 0 Å². The van der Waals surface area contributed by atoms with Crippen LogP contribution in [0, 0.1) is 5.92 Å². The van der Waals surface area contributed by atoms with E-state index < -0.39 is 0 Å². The van der Waals surface area contributed by atoms with Crippen LogP contribution < -0.4 is 5.73 Å². The molecule has 0 saturated heterocycles. The summed E-state index contributed by atoms with van der Waals surface area (Å²) in [6.07, 6.45) is 10.8. The van der Waals surface area contributed by atoms with Crippen molar-refractivity contribution in [2.75, 3.05) is 0 Å². The van der Waals surface area contributed by atoms with Gasteiger partial charge in [0.05, 0.1) is 23.0 Å². The van der Waals surface area contributed by atoms with Crippen LogP contribution in [-0.2, 0) is 7.05 Å². The fourth-order valence-electron chi connectivity index (χ4n) is 2.87. The Bertz CT molecular complexity index is 334.